The number of nitrogens with one attached hydrogen (secondary N) is 1. The minimum atomic E-state index is -3.35. The van der Waals surface area contributed by atoms with Crippen LogP contribution in [0, 0.1) is 0 Å². The maximum absolute atomic E-state index is 11.5. The summed E-state index contributed by atoms with van der Waals surface area (Å²) in [7, 11) is -1.73. The first-order chi connectivity index (χ1) is 7.41. The van der Waals surface area contributed by atoms with Crippen LogP contribution in [0.2, 0.25) is 0 Å². The molecule has 0 saturated heterocycles. The van der Waals surface area contributed by atoms with Gasteiger partial charge in [0.25, 0.3) is 0 Å². The van der Waals surface area contributed by atoms with Crippen LogP contribution in [-0.2, 0) is 16.4 Å². The predicted octanol–water partition coefficient (Wildman–Crippen LogP) is 0.711. The highest BCUT2D eigenvalue weighted by atomic mass is 32.2. The monoisotopic (exact) mass is 246 g/mol. The first-order valence-corrected chi connectivity index (χ1v) is 7.05. The third-order valence-electron chi connectivity index (χ3n) is 2.28. The molecule has 0 aliphatic carbocycles. The van der Waals surface area contributed by atoms with Crippen molar-refractivity contribution in [3.05, 3.63) is 0 Å². The van der Waals surface area contributed by atoms with Crippen LogP contribution in [0.25, 0.3) is 0 Å². The Balaban J connectivity index is 3.22. The van der Waals surface area contributed by atoms with Crippen molar-refractivity contribution < 1.29 is 8.42 Å². The summed E-state index contributed by atoms with van der Waals surface area (Å²) in [5.41, 5.74) is 5.79. The van der Waals surface area contributed by atoms with Gasteiger partial charge < -0.3 is 11.1 Å². The van der Waals surface area contributed by atoms with Gasteiger partial charge in [0.1, 0.15) is 5.82 Å². The van der Waals surface area contributed by atoms with Gasteiger partial charge in [0, 0.05) is 19.8 Å². The van der Waals surface area contributed by atoms with Crippen molar-refractivity contribution in [1.82, 2.24) is 9.78 Å². The number of anilines is 2. The highest BCUT2D eigenvalue weighted by molar-refractivity contribution is 7.91. The molecule has 0 aromatic carbocycles. The Bertz CT molecular complexity index is 464. The number of sulfone groups is 1. The Morgan fingerprint density at radius 3 is 2.50 bits per heavy atom. The lowest BCUT2D eigenvalue weighted by atomic mass is 10.3. The lowest BCUT2D eigenvalue weighted by Gasteiger charge is -2.02. The van der Waals surface area contributed by atoms with E-state index >= 15 is 0 Å². The molecule has 0 spiro atoms. The Morgan fingerprint density at radius 2 is 2.12 bits per heavy atom. The Hall–Kier alpha value is -1.24. The molecule has 0 bridgehead atoms. The number of unbranched alkanes of at least 4 members (excludes halogenated alkanes) is 1. The van der Waals surface area contributed by atoms with Crippen LogP contribution >= 0.6 is 0 Å². The molecule has 0 radical (unpaired) electrons. The standard InChI is InChI=1S/C9H18N4O2S/c1-4-5-6-13-8(10)7(16(3,14)15)9(11-2)12-13/h4-6,10H2,1-3H3,(H,11,12). The summed E-state index contributed by atoms with van der Waals surface area (Å²) in [6.07, 6.45) is 3.05. The van der Waals surface area contributed by atoms with Gasteiger partial charge >= 0.3 is 0 Å². The van der Waals surface area contributed by atoms with E-state index in [0.29, 0.717) is 12.4 Å². The molecule has 0 fully saturated rings. The first-order valence-electron chi connectivity index (χ1n) is 5.15. The first kappa shape index (κ1) is 12.8. The van der Waals surface area contributed by atoms with Gasteiger partial charge in [-0.1, -0.05) is 13.3 Å². The summed E-state index contributed by atoms with van der Waals surface area (Å²) in [5.74, 6) is 0.524. The topological polar surface area (TPSA) is 90.0 Å². The predicted molar refractivity (Wildman–Crippen MR) is 64.2 cm³/mol. The number of aromatic nitrogens is 2. The van der Waals surface area contributed by atoms with E-state index in [9.17, 15) is 8.42 Å². The Kier molecular flexibility index (Phi) is 3.79. The van der Waals surface area contributed by atoms with Gasteiger partial charge in [0.05, 0.1) is 0 Å². The lowest BCUT2D eigenvalue weighted by Crippen LogP contribution is -2.07. The summed E-state index contributed by atoms with van der Waals surface area (Å²) in [6.45, 7) is 2.68. The average Bonchev–Trinajstić information content (AvgIpc) is 2.51. The van der Waals surface area contributed by atoms with Crippen molar-refractivity contribution in [3.8, 4) is 0 Å². The molecule has 0 aliphatic heterocycles. The number of nitrogen functional groups attached to an aromatic ring is 1. The van der Waals surface area contributed by atoms with Gasteiger partial charge in [-0.2, -0.15) is 5.10 Å². The molecule has 1 rings (SSSR count). The number of hydrogen-bond acceptors (Lipinski definition) is 5. The highest BCUT2D eigenvalue weighted by Gasteiger charge is 2.22. The zero-order valence-electron chi connectivity index (χ0n) is 9.82. The molecule has 7 heteroatoms. The number of aryl methyl sites for hydroxylation is 1. The summed E-state index contributed by atoms with van der Waals surface area (Å²) in [6, 6.07) is 0. The quantitative estimate of drug-likeness (QED) is 0.798. The van der Waals surface area contributed by atoms with Crippen LogP contribution in [0.1, 0.15) is 19.8 Å². The smallest absolute Gasteiger partial charge is 0.182 e. The van der Waals surface area contributed by atoms with Gasteiger partial charge in [-0.05, 0) is 6.42 Å². The van der Waals surface area contributed by atoms with Gasteiger partial charge in [-0.3, -0.25) is 0 Å². The third-order valence-corrected chi connectivity index (χ3v) is 3.42. The fourth-order valence-electron chi connectivity index (χ4n) is 1.47. The van der Waals surface area contributed by atoms with Crippen molar-refractivity contribution in [1.29, 1.82) is 0 Å². The molecule has 1 aromatic rings. The largest absolute Gasteiger partial charge is 0.383 e. The summed E-state index contributed by atoms with van der Waals surface area (Å²) in [5, 5.41) is 6.88. The number of nitrogens with zero attached hydrogens (tertiary/aromatic N) is 2. The molecule has 0 unspecified atom stereocenters. The second-order valence-corrected chi connectivity index (χ2v) is 5.61. The molecule has 0 aliphatic rings. The van der Waals surface area contributed by atoms with Crippen molar-refractivity contribution >= 4 is 21.5 Å². The molecule has 16 heavy (non-hydrogen) atoms. The van der Waals surface area contributed by atoms with E-state index in [2.05, 4.69) is 17.3 Å². The number of rotatable bonds is 5. The second-order valence-electron chi connectivity index (χ2n) is 3.66. The van der Waals surface area contributed by atoms with E-state index in [1.807, 2.05) is 0 Å². The molecule has 1 aromatic heterocycles. The second kappa shape index (κ2) is 4.73. The van der Waals surface area contributed by atoms with Crippen molar-refractivity contribution in [2.24, 2.45) is 0 Å². The number of hydrogen-bond donors (Lipinski definition) is 2. The van der Waals surface area contributed by atoms with E-state index in [-0.39, 0.29) is 10.7 Å². The molecular weight excluding hydrogens is 228 g/mol. The zero-order chi connectivity index (χ0) is 12.3. The van der Waals surface area contributed by atoms with Crippen molar-refractivity contribution in [2.45, 2.75) is 31.2 Å². The van der Waals surface area contributed by atoms with Crippen molar-refractivity contribution in [3.63, 3.8) is 0 Å². The van der Waals surface area contributed by atoms with Crippen LogP contribution in [0.4, 0.5) is 11.6 Å². The van der Waals surface area contributed by atoms with Gasteiger partial charge in [0.2, 0.25) is 0 Å². The van der Waals surface area contributed by atoms with Gasteiger partial charge in [-0.25, -0.2) is 13.1 Å². The van der Waals surface area contributed by atoms with Gasteiger partial charge in [-0.15, -0.1) is 0 Å². The van der Waals surface area contributed by atoms with Crippen LogP contribution in [0.3, 0.4) is 0 Å². The minimum Gasteiger partial charge on any atom is -0.383 e. The van der Waals surface area contributed by atoms with Crippen molar-refractivity contribution in [2.75, 3.05) is 24.4 Å². The summed E-state index contributed by atoms with van der Waals surface area (Å²) in [4.78, 5) is 0.0890. The fraction of sp³-hybridized carbons (Fsp3) is 0.667. The van der Waals surface area contributed by atoms with Crippen LogP contribution in [-0.4, -0.2) is 31.5 Å². The Morgan fingerprint density at radius 1 is 1.50 bits per heavy atom. The molecule has 3 N–H and O–H groups in total. The van der Waals surface area contributed by atoms with Crippen LogP contribution in [0.15, 0.2) is 4.90 Å². The molecule has 92 valence electrons. The molecule has 6 nitrogen and oxygen atoms in total. The normalized spacial score (nSPS) is 11.7. The van der Waals surface area contributed by atoms with E-state index < -0.39 is 9.84 Å². The highest BCUT2D eigenvalue weighted by Crippen LogP contribution is 2.26. The van der Waals surface area contributed by atoms with E-state index in [1.54, 1.807) is 7.05 Å². The van der Waals surface area contributed by atoms with E-state index in [4.69, 9.17) is 5.73 Å². The third kappa shape index (κ3) is 2.46. The lowest BCUT2D eigenvalue weighted by molar-refractivity contribution is 0.579. The van der Waals surface area contributed by atoms with Crippen LogP contribution in [0.5, 0.6) is 0 Å². The summed E-state index contributed by atoms with van der Waals surface area (Å²) < 4.78 is 24.6. The average molecular weight is 246 g/mol. The maximum atomic E-state index is 11.5. The molecular formula is C9H18N4O2S. The minimum absolute atomic E-state index is 0.0890. The van der Waals surface area contributed by atoms with Crippen LogP contribution < -0.4 is 11.1 Å². The van der Waals surface area contributed by atoms with E-state index in [1.165, 1.54) is 4.68 Å². The summed E-state index contributed by atoms with van der Waals surface area (Å²) >= 11 is 0. The molecule has 0 saturated carbocycles. The SMILES string of the molecule is CCCCn1nc(NC)c(S(C)(=O)=O)c1N. The molecule has 1 heterocycles. The fourth-order valence-corrected chi connectivity index (χ4v) is 2.45. The van der Waals surface area contributed by atoms with E-state index in [0.717, 1.165) is 19.1 Å². The molecule has 0 amide bonds. The molecule has 0 atom stereocenters. The zero-order valence-corrected chi connectivity index (χ0v) is 10.6. The maximum Gasteiger partial charge on any atom is 0.182 e. The Labute approximate surface area is 95.7 Å². The van der Waals surface area contributed by atoms with Gasteiger partial charge in [0.15, 0.2) is 20.6 Å². The number of nitrogens with two attached hydrogens (primary N) is 1.